The fourth-order valence-corrected chi connectivity index (χ4v) is 5.27. The van der Waals surface area contributed by atoms with Crippen molar-refractivity contribution in [3.8, 4) is 0 Å². The molecular formula is C26H34FN5O. The third kappa shape index (κ3) is 5.26. The van der Waals surface area contributed by atoms with Gasteiger partial charge in [0.2, 0.25) is 0 Å². The molecule has 1 N–H and O–H groups in total. The van der Waals surface area contributed by atoms with E-state index in [1.54, 1.807) is 12.1 Å². The van der Waals surface area contributed by atoms with Gasteiger partial charge in [-0.3, -0.25) is 4.90 Å². The first kappa shape index (κ1) is 22.4. The third-order valence-corrected chi connectivity index (χ3v) is 7.16. The van der Waals surface area contributed by atoms with Crippen LogP contribution in [0.1, 0.15) is 54.1 Å². The number of benzene rings is 1. The summed E-state index contributed by atoms with van der Waals surface area (Å²) >= 11 is 0. The largest absolute Gasteiger partial charge is 0.381 e. The number of ether oxygens (including phenoxy) is 1. The summed E-state index contributed by atoms with van der Waals surface area (Å²) in [7, 11) is 0. The van der Waals surface area contributed by atoms with E-state index in [-0.39, 0.29) is 5.82 Å². The molecule has 0 saturated carbocycles. The van der Waals surface area contributed by atoms with E-state index in [1.807, 2.05) is 18.3 Å². The minimum atomic E-state index is -0.179. The molecule has 0 amide bonds. The normalized spacial score (nSPS) is 20.5. The quantitative estimate of drug-likeness (QED) is 0.587. The van der Waals surface area contributed by atoms with Gasteiger partial charge in [0.25, 0.3) is 0 Å². The van der Waals surface area contributed by atoms with Gasteiger partial charge in [-0.2, -0.15) is 5.10 Å². The summed E-state index contributed by atoms with van der Waals surface area (Å²) in [5.74, 6) is 0.923. The maximum Gasteiger partial charge on any atom is 0.159 e. The molecule has 0 spiro atoms. The molecule has 176 valence electrons. The van der Waals surface area contributed by atoms with E-state index in [0.717, 1.165) is 88.5 Å². The van der Waals surface area contributed by atoms with Gasteiger partial charge in [-0.05, 0) is 75.4 Å². The van der Waals surface area contributed by atoms with E-state index in [2.05, 4.69) is 27.7 Å². The molecule has 1 atom stereocenters. The van der Waals surface area contributed by atoms with Gasteiger partial charge in [0.1, 0.15) is 5.82 Å². The number of hydrogen-bond donors (Lipinski definition) is 1. The van der Waals surface area contributed by atoms with Crippen LogP contribution in [-0.4, -0.2) is 52.3 Å². The lowest BCUT2D eigenvalue weighted by Gasteiger charge is -2.33. The Morgan fingerprint density at radius 3 is 2.76 bits per heavy atom. The van der Waals surface area contributed by atoms with E-state index in [4.69, 9.17) is 14.8 Å². The number of aryl methyl sites for hydroxylation is 1. The highest BCUT2D eigenvalue weighted by Crippen LogP contribution is 2.29. The molecule has 6 nitrogen and oxygen atoms in total. The molecular weight excluding hydrogens is 417 g/mol. The van der Waals surface area contributed by atoms with E-state index in [1.165, 1.54) is 11.3 Å². The molecule has 0 aliphatic carbocycles. The summed E-state index contributed by atoms with van der Waals surface area (Å²) in [5.41, 5.74) is 5.61. The summed E-state index contributed by atoms with van der Waals surface area (Å²) in [6.07, 6.45) is 6.51. The van der Waals surface area contributed by atoms with Crippen LogP contribution >= 0.6 is 0 Å². The summed E-state index contributed by atoms with van der Waals surface area (Å²) in [5, 5.41) is 8.55. The zero-order valence-corrected chi connectivity index (χ0v) is 19.5. The highest BCUT2D eigenvalue weighted by molar-refractivity contribution is 5.50. The summed E-state index contributed by atoms with van der Waals surface area (Å²) in [4.78, 5) is 7.18. The minimum Gasteiger partial charge on any atom is -0.381 e. The van der Waals surface area contributed by atoms with Crippen LogP contribution in [0, 0.1) is 18.7 Å². The van der Waals surface area contributed by atoms with Crippen LogP contribution in [0.2, 0.25) is 0 Å². The van der Waals surface area contributed by atoms with Gasteiger partial charge in [0.15, 0.2) is 5.65 Å². The van der Waals surface area contributed by atoms with Crippen LogP contribution in [-0.2, 0) is 17.8 Å². The lowest BCUT2D eigenvalue weighted by molar-refractivity contribution is 0.0662. The Hall–Kier alpha value is -2.35. The molecule has 1 aromatic carbocycles. The smallest absolute Gasteiger partial charge is 0.159 e. The van der Waals surface area contributed by atoms with Gasteiger partial charge in [0.05, 0.1) is 11.4 Å². The first-order chi connectivity index (χ1) is 16.2. The van der Waals surface area contributed by atoms with Crippen molar-refractivity contribution in [1.29, 1.82) is 0 Å². The third-order valence-electron chi connectivity index (χ3n) is 7.16. The number of nitrogens with one attached hydrogen (secondary N) is 1. The van der Waals surface area contributed by atoms with Crippen LogP contribution in [0.5, 0.6) is 0 Å². The second-order valence-corrected chi connectivity index (χ2v) is 9.56. The number of likely N-dealkylation sites (tertiary alicyclic amines) is 1. The van der Waals surface area contributed by atoms with E-state index >= 15 is 0 Å². The molecule has 0 bridgehead atoms. The monoisotopic (exact) mass is 451 g/mol. The number of rotatable bonds is 7. The van der Waals surface area contributed by atoms with E-state index < -0.39 is 0 Å². The molecule has 2 aromatic heterocycles. The van der Waals surface area contributed by atoms with Gasteiger partial charge >= 0.3 is 0 Å². The van der Waals surface area contributed by atoms with Crippen molar-refractivity contribution in [1.82, 2.24) is 24.8 Å². The topological polar surface area (TPSA) is 54.7 Å². The highest BCUT2D eigenvalue weighted by Gasteiger charge is 2.25. The van der Waals surface area contributed by atoms with Gasteiger partial charge in [-0.25, -0.2) is 13.9 Å². The molecule has 1 unspecified atom stereocenters. The molecule has 2 aliphatic rings. The van der Waals surface area contributed by atoms with Crippen LogP contribution in [0.15, 0.2) is 36.5 Å². The molecule has 2 aliphatic heterocycles. The summed E-state index contributed by atoms with van der Waals surface area (Å²) in [6, 6.07) is 9.01. The Morgan fingerprint density at radius 2 is 1.94 bits per heavy atom. The van der Waals surface area contributed by atoms with Crippen LogP contribution < -0.4 is 5.32 Å². The molecule has 2 saturated heterocycles. The molecule has 7 heteroatoms. The fourth-order valence-electron chi connectivity index (χ4n) is 5.27. The Balaban J connectivity index is 1.28. The van der Waals surface area contributed by atoms with Gasteiger partial charge in [0, 0.05) is 50.5 Å². The SMILES string of the molecule is Cc1nn2c(C3CCCN(Cc4ccc(F)cc4)C3)ccnc2c1CNCC1CCOCC1. The molecule has 4 heterocycles. The summed E-state index contributed by atoms with van der Waals surface area (Å²) in [6.45, 7) is 8.56. The Bertz CT molecular complexity index is 1060. The molecule has 33 heavy (non-hydrogen) atoms. The van der Waals surface area contributed by atoms with Crippen LogP contribution in [0.25, 0.3) is 5.65 Å². The zero-order chi connectivity index (χ0) is 22.6. The summed E-state index contributed by atoms with van der Waals surface area (Å²) < 4.78 is 20.8. The second kappa shape index (κ2) is 10.3. The lowest BCUT2D eigenvalue weighted by Crippen LogP contribution is -2.34. The standard InChI is InChI=1S/C26H34FN5O/c1-19-24(16-28-15-20-9-13-33-14-10-20)26-29-11-8-25(32(26)30-19)22-3-2-12-31(18-22)17-21-4-6-23(27)7-5-21/h4-8,11,20,22,28H,2-3,9-10,12-18H2,1H3. The first-order valence-corrected chi connectivity index (χ1v) is 12.3. The number of piperidine rings is 1. The highest BCUT2D eigenvalue weighted by atomic mass is 19.1. The predicted molar refractivity (Wildman–Crippen MR) is 127 cm³/mol. The van der Waals surface area contributed by atoms with Crippen molar-refractivity contribution in [2.45, 2.75) is 51.6 Å². The van der Waals surface area contributed by atoms with E-state index in [9.17, 15) is 4.39 Å². The van der Waals surface area contributed by atoms with Gasteiger partial charge in [-0.1, -0.05) is 12.1 Å². The van der Waals surface area contributed by atoms with Crippen LogP contribution in [0.3, 0.4) is 0 Å². The Kier molecular flexibility index (Phi) is 6.99. The minimum absolute atomic E-state index is 0.179. The van der Waals surface area contributed by atoms with Gasteiger partial charge < -0.3 is 10.1 Å². The Morgan fingerprint density at radius 1 is 1.12 bits per heavy atom. The average Bonchev–Trinajstić information content (AvgIpc) is 3.16. The number of nitrogens with zero attached hydrogens (tertiary/aromatic N) is 4. The van der Waals surface area contributed by atoms with Crippen LogP contribution in [0.4, 0.5) is 4.39 Å². The fraction of sp³-hybridized carbons (Fsp3) is 0.538. The lowest BCUT2D eigenvalue weighted by atomic mass is 9.94. The van der Waals surface area contributed by atoms with Crippen molar-refractivity contribution < 1.29 is 9.13 Å². The van der Waals surface area contributed by atoms with Crippen molar-refractivity contribution in [3.05, 3.63) is 64.9 Å². The number of aromatic nitrogens is 3. The predicted octanol–water partition coefficient (Wildman–Crippen LogP) is 4.07. The molecule has 5 rings (SSSR count). The zero-order valence-electron chi connectivity index (χ0n) is 19.5. The molecule has 0 radical (unpaired) electrons. The van der Waals surface area contributed by atoms with Crippen molar-refractivity contribution in [3.63, 3.8) is 0 Å². The van der Waals surface area contributed by atoms with E-state index in [0.29, 0.717) is 11.8 Å². The molecule has 3 aromatic rings. The average molecular weight is 452 g/mol. The van der Waals surface area contributed by atoms with Crippen molar-refractivity contribution in [2.75, 3.05) is 32.8 Å². The molecule has 2 fully saturated rings. The number of halogens is 1. The van der Waals surface area contributed by atoms with Crippen molar-refractivity contribution >= 4 is 5.65 Å². The Labute approximate surface area is 195 Å². The maximum absolute atomic E-state index is 13.3. The number of fused-ring (bicyclic) bond motifs is 1. The maximum atomic E-state index is 13.3. The second-order valence-electron chi connectivity index (χ2n) is 9.56. The first-order valence-electron chi connectivity index (χ1n) is 12.3. The van der Waals surface area contributed by atoms with Gasteiger partial charge in [-0.15, -0.1) is 0 Å². The van der Waals surface area contributed by atoms with Crippen molar-refractivity contribution in [2.24, 2.45) is 5.92 Å². The number of hydrogen-bond acceptors (Lipinski definition) is 5.